The largest absolute Gasteiger partial charge is 0.490 e. The first-order valence-electron chi connectivity index (χ1n) is 5.08. The normalized spacial score (nSPS) is 20.6. The van der Waals surface area contributed by atoms with Crippen LogP contribution in [0.25, 0.3) is 0 Å². The number of benzene rings is 1. The van der Waals surface area contributed by atoms with Crippen LogP contribution in [0.5, 0.6) is 5.75 Å². The Morgan fingerprint density at radius 3 is 3.08 bits per heavy atom. The Bertz CT molecular complexity index is 304. The molecule has 1 aliphatic rings. The Balaban J connectivity index is 2.31. The van der Waals surface area contributed by atoms with E-state index < -0.39 is 0 Å². The van der Waals surface area contributed by atoms with Gasteiger partial charge in [-0.25, -0.2) is 0 Å². The van der Waals surface area contributed by atoms with E-state index in [9.17, 15) is 0 Å². The van der Waals surface area contributed by atoms with E-state index in [1.54, 1.807) is 0 Å². The fourth-order valence-corrected chi connectivity index (χ4v) is 1.80. The van der Waals surface area contributed by atoms with Gasteiger partial charge in [-0.1, -0.05) is 19.1 Å². The number of fused-ring (bicyclic) bond motifs is 1. The lowest BCUT2D eigenvalue weighted by molar-refractivity contribution is 0.192. The van der Waals surface area contributed by atoms with Crippen LogP contribution in [0.3, 0.4) is 0 Å². The molecule has 13 heavy (non-hydrogen) atoms. The Hall–Kier alpha value is -0.980. The van der Waals surface area contributed by atoms with Gasteiger partial charge in [0.2, 0.25) is 0 Å². The van der Waals surface area contributed by atoms with Gasteiger partial charge in [0.15, 0.2) is 0 Å². The van der Waals surface area contributed by atoms with Gasteiger partial charge in [0, 0.05) is 0 Å². The Kier molecular flexibility index (Phi) is 2.26. The van der Waals surface area contributed by atoms with Crippen molar-refractivity contribution < 1.29 is 4.74 Å². The van der Waals surface area contributed by atoms with Crippen LogP contribution >= 0.6 is 0 Å². The Labute approximate surface area is 79.7 Å². The number of hydrogen-bond donors (Lipinski definition) is 0. The maximum absolute atomic E-state index is 5.73. The van der Waals surface area contributed by atoms with Crippen LogP contribution in [0, 0.1) is 0 Å². The molecule has 1 heterocycles. The highest BCUT2D eigenvalue weighted by Gasteiger charge is 2.15. The molecule has 0 N–H and O–H groups in total. The van der Waals surface area contributed by atoms with Crippen LogP contribution in [0.2, 0.25) is 0 Å². The maximum atomic E-state index is 5.73. The van der Waals surface area contributed by atoms with Gasteiger partial charge >= 0.3 is 0 Å². The molecule has 0 fully saturated rings. The number of rotatable bonds is 1. The van der Waals surface area contributed by atoms with E-state index in [0.29, 0.717) is 6.10 Å². The van der Waals surface area contributed by atoms with Crippen molar-refractivity contribution in [3.63, 3.8) is 0 Å². The molecule has 0 aromatic heterocycles. The molecule has 0 spiro atoms. The third-order valence-corrected chi connectivity index (χ3v) is 2.68. The van der Waals surface area contributed by atoms with Crippen LogP contribution < -0.4 is 4.74 Å². The highest BCUT2D eigenvalue weighted by atomic mass is 16.5. The van der Waals surface area contributed by atoms with Gasteiger partial charge in [-0.15, -0.1) is 0 Å². The molecule has 1 aliphatic heterocycles. The summed E-state index contributed by atoms with van der Waals surface area (Å²) < 4.78 is 5.73. The second kappa shape index (κ2) is 3.41. The van der Waals surface area contributed by atoms with Crippen LogP contribution in [-0.4, -0.2) is 6.10 Å². The van der Waals surface area contributed by atoms with Crippen LogP contribution in [0.1, 0.15) is 31.4 Å². The van der Waals surface area contributed by atoms with E-state index in [1.165, 1.54) is 17.5 Å². The fourth-order valence-electron chi connectivity index (χ4n) is 1.80. The molecule has 1 unspecified atom stereocenters. The molecule has 1 atom stereocenters. The van der Waals surface area contributed by atoms with E-state index in [4.69, 9.17) is 4.74 Å². The first-order chi connectivity index (χ1) is 6.29. The second-order valence-corrected chi connectivity index (χ2v) is 3.76. The van der Waals surface area contributed by atoms with E-state index in [0.717, 1.165) is 18.6 Å². The monoisotopic (exact) mass is 176 g/mol. The zero-order chi connectivity index (χ0) is 9.26. The highest BCUT2D eigenvalue weighted by Crippen LogP contribution is 2.28. The SMILES string of the molecule is CCc1ccc2c(c1)CCC(C)O2. The van der Waals surface area contributed by atoms with Crippen LogP contribution in [0.15, 0.2) is 18.2 Å². The minimum atomic E-state index is 0.389. The first-order valence-corrected chi connectivity index (χ1v) is 5.08. The van der Waals surface area contributed by atoms with E-state index in [-0.39, 0.29) is 0 Å². The molecule has 0 radical (unpaired) electrons. The Morgan fingerprint density at radius 2 is 2.31 bits per heavy atom. The molecular weight excluding hydrogens is 160 g/mol. The average Bonchev–Trinajstić information content (AvgIpc) is 2.17. The van der Waals surface area contributed by atoms with Crippen molar-refractivity contribution in [3.8, 4) is 5.75 Å². The molecule has 2 rings (SSSR count). The fraction of sp³-hybridized carbons (Fsp3) is 0.500. The third-order valence-electron chi connectivity index (χ3n) is 2.68. The molecule has 1 aromatic rings. The predicted molar refractivity (Wildman–Crippen MR) is 54.2 cm³/mol. The van der Waals surface area contributed by atoms with Gasteiger partial charge in [-0.2, -0.15) is 0 Å². The molecule has 1 nitrogen and oxygen atoms in total. The zero-order valence-electron chi connectivity index (χ0n) is 8.34. The summed E-state index contributed by atoms with van der Waals surface area (Å²) in [6, 6.07) is 6.56. The van der Waals surface area contributed by atoms with E-state index >= 15 is 0 Å². The lowest BCUT2D eigenvalue weighted by atomic mass is 10.00. The zero-order valence-corrected chi connectivity index (χ0v) is 8.34. The van der Waals surface area contributed by atoms with Gasteiger partial charge in [0.05, 0.1) is 6.10 Å². The summed E-state index contributed by atoms with van der Waals surface area (Å²) in [4.78, 5) is 0. The molecule has 1 heteroatoms. The van der Waals surface area contributed by atoms with Gasteiger partial charge in [0.25, 0.3) is 0 Å². The second-order valence-electron chi connectivity index (χ2n) is 3.76. The predicted octanol–water partition coefficient (Wildman–Crippen LogP) is 2.96. The van der Waals surface area contributed by atoms with Crippen molar-refractivity contribution in [2.24, 2.45) is 0 Å². The third kappa shape index (κ3) is 1.69. The molecule has 70 valence electrons. The smallest absolute Gasteiger partial charge is 0.122 e. The van der Waals surface area contributed by atoms with Gasteiger partial charge in [-0.3, -0.25) is 0 Å². The van der Waals surface area contributed by atoms with Crippen molar-refractivity contribution in [1.82, 2.24) is 0 Å². The minimum Gasteiger partial charge on any atom is -0.490 e. The summed E-state index contributed by atoms with van der Waals surface area (Å²) in [6.07, 6.45) is 3.83. The van der Waals surface area contributed by atoms with Gasteiger partial charge in [-0.05, 0) is 43.4 Å². The first kappa shape index (κ1) is 8.61. The van der Waals surface area contributed by atoms with Gasteiger partial charge < -0.3 is 4.74 Å². The topological polar surface area (TPSA) is 9.23 Å². The number of hydrogen-bond acceptors (Lipinski definition) is 1. The van der Waals surface area contributed by atoms with Crippen LogP contribution in [-0.2, 0) is 12.8 Å². The van der Waals surface area contributed by atoms with Crippen molar-refractivity contribution in [2.45, 2.75) is 39.2 Å². The maximum Gasteiger partial charge on any atom is 0.122 e. The summed E-state index contributed by atoms with van der Waals surface area (Å²) in [5, 5.41) is 0. The summed E-state index contributed by atoms with van der Waals surface area (Å²) in [5.74, 6) is 1.09. The molecule has 1 aromatic carbocycles. The quantitative estimate of drug-likeness (QED) is 0.639. The van der Waals surface area contributed by atoms with Crippen molar-refractivity contribution in [2.75, 3.05) is 0 Å². The number of aryl methyl sites for hydroxylation is 2. The summed E-state index contributed by atoms with van der Waals surface area (Å²) >= 11 is 0. The minimum absolute atomic E-state index is 0.389. The molecule has 0 bridgehead atoms. The molecule has 0 saturated heterocycles. The lowest BCUT2D eigenvalue weighted by Crippen LogP contribution is -2.18. The Morgan fingerprint density at radius 1 is 1.46 bits per heavy atom. The lowest BCUT2D eigenvalue weighted by Gasteiger charge is -2.23. The standard InChI is InChI=1S/C12H16O/c1-3-10-5-7-12-11(8-10)6-4-9(2)13-12/h5,7-9H,3-4,6H2,1-2H3. The summed E-state index contributed by atoms with van der Waals surface area (Å²) in [5.41, 5.74) is 2.80. The van der Waals surface area contributed by atoms with E-state index in [1.807, 2.05) is 0 Å². The van der Waals surface area contributed by atoms with Gasteiger partial charge in [0.1, 0.15) is 5.75 Å². The highest BCUT2D eigenvalue weighted by molar-refractivity contribution is 5.38. The molecular formula is C12H16O. The van der Waals surface area contributed by atoms with Crippen molar-refractivity contribution in [3.05, 3.63) is 29.3 Å². The molecule has 0 saturated carbocycles. The van der Waals surface area contributed by atoms with Crippen LogP contribution in [0.4, 0.5) is 0 Å². The number of ether oxygens (including phenoxy) is 1. The average molecular weight is 176 g/mol. The molecule has 0 amide bonds. The van der Waals surface area contributed by atoms with Crippen molar-refractivity contribution in [1.29, 1.82) is 0 Å². The van der Waals surface area contributed by atoms with E-state index in [2.05, 4.69) is 32.0 Å². The van der Waals surface area contributed by atoms with Crippen molar-refractivity contribution >= 4 is 0 Å². The summed E-state index contributed by atoms with van der Waals surface area (Å²) in [7, 11) is 0. The summed E-state index contributed by atoms with van der Waals surface area (Å²) in [6.45, 7) is 4.32. The molecule has 0 aliphatic carbocycles.